The Kier molecular flexibility index (Phi) is 6.34. The fraction of sp³-hybridized carbons (Fsp3) is 0.346. The molecular weight excluding hydrogens is 468 g/mol. The second kappa shape index (κ2) is 9.60. The molecule has 1 aliphatic carbocycles. The molecule has 1 fully saturated rings. The van der Waals surface area contributed by atoms with Crippen LogP contribution in [0, 0.1) is 17.6 Å². The summed E-state index contributed by atoms with van der Waals surface area (Å²) < 4.78 is 36.2. The number of ether oxygens (including phenoxy) is 1. The highest BCUT2D eigenvalue weighted by Crippen LogP contribution is 2.34. The third kappa shape index (κ3) is 4.62. The number of rotatable bonds is 6. The molecule has 0 saturated heterocycles. The van der Waals surface area contributed by atoms with Crippen molar-refractivity contribution in [3.05, 3.63) is 59.9 Å². The number of hydrogen-bond acceptors (Lipinski definition) is 5. The van der Waals surface area contributed by atoms with Gasteiger partial charge in [-0.1, -0.05) is 12.1 Å². The molecule has 2 aromatic carbocycles. The van der Waals surface area contributed by atoms with E-state index in [1.807, 2.05) is 30.1 Å². The predicted octanol–water partition coefficient (Wildman–Crippen LogP) is 4.59. The van der Waals surface area contributed by atoms with Gasteiger partial charge in [0.1, 0.15) is 0 Å². The summed E-state index contributed by atoms with van der Waals surface area (Å²) in [5, 5.41) is 22.2. The van der Waals surface area contributed by atoms with Crippen LogP contribution in [0.2, 0.25) is 0 Å². The molecule has 1 amide bonds. The SMILES string of the molecule is COc1nn(C)cc1-c1ccc2cn([C@H]3CC[C@H](CNC(=O)c4cc(F)c(O)c(F)c4)CC3)nc2c1. The van der Waals surface area contributed by atoms with Crippen molar-refractivity contribution in [3.8, 4) is 22.8 Å². The highest BCUT2D eigenvalue weighted by molar-refractivity contribution is 5.94. The van der Waals surface area contributed by atoms with Crippen molar-refractivity contribution >= 4 is 16.8 Å². The summed E-state index contributed by atoms with van der Waals surface area (Å²) in [7, 11) is 3.46. The Morgan fingerprint density at radius 1 is 1.11 bits per heavy atom. The van der Waals surface area contributed by atoms with Gasteiger partial charge < -0.3 is 15.2 Å². The Balaban J connectivity index is 1.20. The van der Waals surface area contributed by atoms with Crippen LogP contribution >= 0.6 is 0 Å². The average molecular weight is 496 g/mol. The molecule has 2 aromatic heterocycles. The van der Waals surface area contributed by atoms with Crippen molar-refractivity contribution in [2.45, 2.75) is 31.7 Å². The number of carbonyl (C=O) groups is 1. The molecule has 1 aliphatic rings. The number of carbonyl (C=O) groups excluding carboxylic acids is 1. The van der Waals surface area contributed by atoms with Crippen LogP contribution in [0.15, 0.2) is 42.7 Å². The fourth-order valence-electron chi connectivity index (χ4n) is 4.86. The fourth-order valence-corrected chi connectivity index (χ4v) is 4.86. The number of phenols is 1. The first-order chi connectivity index (χ1) is 17.3. The van der Waals surface area contributed by atoms with Crippen LogP contribution in [0.25, 0.3) is 22.0 Å². The smallest absolute Gasteiger partial charge is 0.251 e. The number of benzene rings is 2. The van der Waals surface area contributed by atoms with E-state index >= 15 is 0 Å². The topological polar surface area (TPSA) is 94.2 Å². The second-order valence-corrected chi connectivity index (χ2v) is 9.28. The first-order valence-electron chi connectivity index (χ1n) is 11.9. The van der Waals surface area contributed by atoms with Gasteiger partial charge in [0.15, 0.2) is 17.4 Å². The minimum absolute atomic E-state index is 0.150. The quantitative estimate of drug-likeness (QED) is 0.408. The van der Waals surface area contributed by atoms with E-state index in [9.17, 15) is 18.7 Å². The van der Waals surface area contributed by atoms with Gasteiger partial charge in [-0.15, -0.1) is 5.10 Å². The van der Waals surface area contributed by atoms with Gasteiger partial charge in [-0.2, -0.15) is 5.10 Å². The number of halogens is 2. The highest BCUT2D eigenvalue weighted by atomic mass is 19.1. The average Bonchev–Trinajstić information content (AvgIpc) is 3.48. The summed E-state index contributed by atoms with van der Waals surface area (Å²) in [6.45, 7) is 0.424. The van der Waals surface area contributed by atoms with Crippen molar-refractivity contribution in [1.82, 2.24) is 24.9 Å². The van der Waals surface area contributed by atoms with E-state index in [1.165, 1.54) is 0 Å². The number of aromatic nitrogens is 4. The molecule has 36 heavy (non-hydrogen) atoms. The zero-order valence-corrected chi connectivity index (χ0v) is 20.0. The van der Waals surface area contributed by atoms with Crippen molar-refractivity contribution in [1.29, 1.82) is 0 Å². The van der Waals surface area contributed by atoms with Crippen LogP contribution in [0.3, 0.4) is 0 Å². The minimum atomic E-state index is -1.15. The Morgan fingerprint density at radius 3 is 2.53 bits per heavy atom. The third-order valence-electron chi connectivity index (χ3n) is 6.85. The van der Waals surface area contributed by atoms with Crippen molar-refractivity contribution < 1.29 is 23.4 Å². The maximum atomic E-state index is 13.5. The molecule has 1 saturated carbocycles. The highest BCUT2D eigenvalue weighted by Gasteiger charge is 2.24. The summed E-state index contributed by atoms with van der Waals surface area (Å²) in [6.07, 6.45) is 7.63. The van der Waals surface area contributed by atoms with Crippen molar-refractivity contribution in [2.24, 2.45) is 13.0 Å². The van der Waals surface area contributed by atoms with Crippen LogP contribution in [0.5, 0.6) is 11.6 Å². The van der Waals surface area contributed by atoms with Crippen LogP contribution in [-0.2, 0) is 7.05 Å². The lowest BCUT2D eigenvalue weighted by atomic mass is 9.86. The molecule has 4 aromatic rings. The Morgan fingerprint density at radius 2 is 1.83 bits per heavy atom. The van der Waals surface area contributed by atoms with Crippen LogP contribution < -0.4 is 10.1 Å². The van der Waals surface area contributed by atoms with Crippen LogP contribution in [-0.4, -0.2) is 44.2 Å². The molecule has 0 spiro atoms. The van der Waals surface area contributed by atoms with E-state index in [4.69, 9.17) is 9.84 Å². The normalized spacial score (nSPS) is 17.9. The predicted molar refractivity (Wildman–Crippen MR) is 130 cm³/mol. The molecule has 2 N–H and O–H groups in total. The number of hydrogen-bond donors (Lipinski definition) is 2. The van der Waals surface area contributed by atoms with E-state index in [-0.39, 0.29) is 17.5 Å². The lowest BCUT2D eigenvalue weighted by Crippen LogP contribution is -2.31. The third-order valence-corrected chi connectivity index (χ3v) is 6.85. The summed E-state index contributed by atoms with van der Waals surface area (Å²) in [4.78, 5) is 12.3. The largest absolute Gasteiger partial charge is 0.503 e. The van der Waals surface area contributed by atoms with Crippen molar-refractivity contribution in [3.63, 3.8) is 0 Å². The number of aromatic hydroxyl groups is 1. The van der Waals surface area contributed by atoms with Crippen LogP contribution in [0.1, 0.15) is 42.1 Å². The number of nitrogens with zero attached hydrogens (tertiary/aromatic N) is 4. The molecule has 8 nitrogen and oxygen atoms in total. The van der Waals surface area contributed by atoms with Crippen LogP contribution in [0.4, 0.5) is 8.78 Å². The molecule has 188 valence electrons. The summed E-state index contributed by atoms with van der Waals surface area (Å²) in [5.41, 5.74) is 2.66. The standard InChI is InChI=1S/C26H27F2N5O3/c1-32-14-20(26(31-32)36-2)16-5-6-17-13-33(30-23(17)11-16)19-7-3-15(4-8-19)12-29-25(35)18-9-21(27)24(34)22(28)10-18/h5-6,9-11,13-15,19,34H,3-4,7-8,12H2,1-2H3,(H,29,35)/t15-,19-. The van der Waals surface area contributed by atoms with E-state index in [0.29, 0.717) is 12.4 Å². The molecule has 0 unspecified atom stereocenters. The molecule has 2 heterocycles. The maximum absolute atomic E-state index is 13.5. The lowest BCUT2D eigenvalue weighted by molar-refractivity contribution is 0.0940. The van der Waals surface area contributed by atoms with Gasteiger partial charge in [0.05, 0.1) is 24.2 Å². The van der Waals surface area contributed by atoms with Gasteiger partial charge in [-0.25, -0.2) is 8.78 Å². The zero-order chi connectivity index (χ0) is 25.4. The first kappa shape index (κ1) is 23.8. The monoisotopic (exact) mass is 495 g/mol. The maximum Gasteiger partial charge on any atom is 0.251 e. The number of methoxy groups -OCH3 is 1. The Hall–Kier alpha value is -3.95. The van der Waals surface area contributed by atoms with E-state index in [2.05, 4.69) is 22.7 Å². The molecule has 5 rings (SSSR count). The van der Waals surface area contributed by atoms with Gasteiger partial charge in [0.25, 0.3) is 5.91 Å². The molecule has 10 heteroatoms. The van der Waals surface area contributed by atoms with E-state index in [0.717, 1.165) is 59.8 Å². The lowest BCUT2D eigenvalue weighted by Gasteiger charge is -2.28. The van der Waals surface area contributed by atoms with Gasteiger partial charge in [-0.05, 0) is 55.4 Å². The Labute approximate surface area is 206 Å². The summed E-state index contributed by atoms with van der Waals surface area (Å²) in [6, 6.07) is 8.07. The van der Waals surface area contributed by atoms with E-state index in [1.54, 1.807) is 11.8 Å². The van der Waals surface area contributed by atoms with Gasteiger partial charge in [0, 0.05) is 36.9 Å². The molecule has 0 atom stereocenters. The minimum Gasteiger partial charge on any atom is -0.503 e. The molecule has 0 bridgehead atoms. The second-order valence-electron chi connectivity index (χ2n) is 9.28. The number of aryl methyl sites for hydroxylation is 1. The summed E-state index contributed by atoms with van der Waals surface area (Å²) >= 11 is 0. The number of amides is 1. The Bertz CT molecular complexity index is 1400. The number of phenolic OH excluding ortho intramolecular Hbond substituents is 1. The van der Waals surface area contributed by atoms with Gasteiger partial charge in [0.2, 0.25) is 5.88 Å². The van der Waals surface area contributed by atoms with Gasteiger partial charge in [-0.3, -0.25) is 14.2 Å². The number of nitrogens with one attached hydrogen (secondary N) is 1. The zero-order valence-electron chi connectivity index (χ0n) is 20.0. The van der Waals surface area contributed by atoms with Gasteiger partial charge >= 0.3 is 0 Å². The molecule has 0 aliphatic heterocycles. The van der Waals surface area contributed by atoms with E-state index < -0.39 is 23.3 Å². The van der Waals surface area contributed by atoms with Crippen molar-refractivity contribution in [2.75, 3.05) is 13.7 Å². The summed E-state index contributed by atoms with van der Waals surface area (Å²) in [5.74, 6) is -3.11. The number of fused-ring (bicyclic) bond motifs is 1. The first-order valence-corrected chi connectivity index (χ1v) is 11.9. The molecular formula is C26H27F2N5O3. The molecule has 0 radical (unpaired) electrons.